The Morgan fingerprint density at radius 2 is 1.41 bits per heavy atom. The number of rotatable bonds is 5. The first-order chi connectivity index (χ1) is 16.5. The normalized spacial score (nSPS) is 11.3. The van der Waals surface area contributed by atoms with Crippen LogP contribution in [0.2, 0.25) is 0 Å². The zero-order chi connectivity index (χ0) is 23.7. The van der Waals surface area contributed by atoms with Crippen LogP contribution >= 0.6 is 0 Å². The van der Waals surface area contributed by atoms with Crippen molar-refractivity contribution in [3.63, 3.8) is 0 Å². The molecule has 0 unspecified atom stereocenters. The smallest absolute Gasteiger partial charge is 0.339 e. The van der Waals surface area contributed by atoms with Crippen molar-refractivity contribution in [3.05, 3.63) is 114 Å². The number of hydrogen-bond donors (Lipinski definition) is 0. The monoisotopic (exact) mass is 464 g/mol. The van der Waals surface area contributed by atoms with Crippen LogP contribution in [0, 0.1) is 18.3 Å². The van der Waals surface area contributed by atoms with Crippen molar-refractivity contribution < 1.29 is 12.6 Å². The molecule has 0 fully saturated rings. The first-order valence-electron chi connectivity index (χ1n) is 10.7. The quantitative estimate of drug-likeness (QED) is 0.290. The average molecular weight is 465 g/mol. The Balaban J connectivity index is 1.90. The highest BCUT2D eigenvalue weighted by atomic mass is 32.2. The summed E-state index contributed by atoms with van der Waals surface area (Å²) in [7, 11) is -4.18. The van der Waals surface area contributed by atoms with E-state index in [9.17, 15) is 13.7 Å². The van der Waals surface area contributed by atoms with Gasteiger partial charge in [0.25, 0.3) is 0 Å². The van der Waals surface area contributed by atoms with Gasteiger partial charge in [0.1, 0.15) is 16.5 Å². The third-order valence-corrected chi connectivity index (χ3v) is 7.08. The van der Waals surface area contributed by atoms with Crippen LogP contribution in [0.25, 0.3) is 27.9 Å². The molecule has 5 nitrogen and oxygen atoms in total. The van der Waals surface area contributed by atoms with Crippen LogP contribution in [0.15, 0.2) is 108 Å². The summed E-state index contributed by atoms with van der Waals surface area (Å²) in [6, 6.07) is 31.4. The van der Waals surface area contributed by atoms with E-state index in [1.165, 1.54) is 6.07 Å². The molecule has 0 saturated carbocycles. The minimum Gasteiger partial charge on any atom is -0.376 e. The second-order valence-electron chi connectivity index (χ2n) is 7.84. The summed E-state index contributed by atoms with van der Waals surface area (Å²) in [6.45, 7) is 1.72. The number of fused-ring (bicyclic) bond motifs is 1. The number of aryl methyl sites for hydroxylation is 1. The van der Waals surface area contributed by atoms with Crippen molar-refractivity contribution in [3.8, 4) is 34.2 Å². The molecule has 0 bridgehead atoms. The summed E-state index contributed by atoms with van der Waals surface area (Å²) in [6.07, 6.45) is 1.82. The molecule has 34 heavy (non-hydrogen) atoms. The van der Waals surface area contributed by atoms with Gasteiger partial charge in [-0.1, -0.05) is 78.9 Å². The lowest BCUT2D eigenvalue weighted by atomic mass is 10.0. The van der Waals surface area contributed by atoms with Crippen LogP contribution in [-0.4, -0.2) is 12.8 Å². The van der Waals surface area contributed by atoms with Crippen molar-refractivity contribution in [2.75, 3.05) is 0 Å². The van der Waals surface area contributed by atoms with E-state index in [4.69, 9.17) is 4.18 Å². The van der Waals surface area contributed by atoms with Crippen molar-refractivity contribution in [1.82, 2.24) is 4.40 Å². The SMILES string of the molecule is Cc1ccccc1S(=O)(=O)Oc1c(-c2ccccc2)c(-c2ccccc2)n2cccc(C#N)c12. The van der Waals surface area contributed by atoms with Gasteiger partial charge in [0.2, 0.25) is 0 Å². The predicted molar refractivity (Wildman–Crippen MR) is 132 cm³/mol. The lowest BCUT2D eigenvalue weighted by Gasteiger charge is -2.12. The van der Waals surface area contributed by atoms with E-state index < -0.39 is 10.1 Å². The maximum atomic E-state index is 13.5. The van der Waals surface area contributed by atoms with E-state index in [1.807, 2.05) is 71.3 Å². The lowest BCUT2D eigenvalue weighted by Crippen LogP contribution is -2.11. The Labute approximate surface area is 198 Å². The van der Waals surface area contributed by atoms with Gasteiger partial charge in [0.05, 0.1) is 16.8 Å². The summed E-state index contributed by atoms with van der Waals surface area (Å²) in [5.74, 6) is 0.130. The molecule has 0 atom stereocenters. The second-order valence-corrected chi connectivity index (χ2v) is 9.35. The largest absolute Gasteiger partial charge is 0.376 e. The molecule has 0 aliphatic carbocycles. The Hall–Kier alpha value is -4.34. The number of pyridine rings is 1. The molecule has 0 spiro atoms. The Bertz CT molecular complexity index is 1650. The van der Waals surface area contributed by atoms with Crippen molar-refractivity contribution >= 4 is 15.6 Å². The molecule has 2 heterocycles. The molecule has 0 aliphatic heterocycles. The molecule has 0 amide bonds. The summed E-state index contributed by atoms with van der Waals surface area (Å²) in [5.41, 5.74) is 4.30. The maximum Gasteiger partial charge on any atom is 0.339 e. The highest BCUT2D eigenvalue weighted by Gasteiger charge is 2.29. The number of nitrogens with zero attached hydrogens (tertiary/aromatic N) is 2. The van der Waals surface area contributed by atoms with Gasteiger partial charge in [-0.15, -0.1) is 0 Å². The third-order valence-electron chi connectivity index (χ3n) is 5.70. The van der Waals surface area contributed by atoms with Gasteiger partial charge in [0, 0.05) is 6.20 Å². The molecule has 0 saturated heterocycles. The first-order valence-corrected chi connectivity index (χ1v) is 12.1. The fourth-order valence-electron chi connectivity index (χ4n) is 4.19. The summed E-state index contributed by atoms with van der Waals surface area (Å²) in [4.78, 5) is 0.0871. The summed E-state index contributed by atoms with van der Waals surface area (Å²) in [5, 5.41) is 9.89. The van der Waals surface area contributed by atoms with Crippen LogP contribution in [0.3, 0.4) is 0 Å². The van der Waals surface area contributed by atoms with Gasteiger partial charge < -0.3 is 8.58 Å². The maximum absolute atomic E-state index is 13.5. The van der Waals surface area contributed by atoms with E-state index in [2.05, 4.69) is 6.07 Å². The van der Waals surface area contributed by atoms with Gasteiger partial charge in [-0.25, -0.2) is 0 Å². The highest BCUT2D eigenvalue weighted by Crippen LogP contribution is 2.46. The minimum atomic E-state index is -4.18. The van der Waals surface area contributed by atoms with Crippen LogP contribution < -0.4 is 4.18 Å². The fourth-order valence-corrected chi connectivity index (χ4v) is 5.37. The molecule has 6 heteroatoms. The first kappa shape index (κ1) is 21.5. The Morgan fingerprint density at radius 1 is 0.794 bits per heavy atom. The molecule has 3 aromatic carbocycles. The van der Waals surface area contributed by atoms with Gasteiger partial charge >= 0.3 is 10.1 Å². The van der Waals surface area contributed by atoms with Crippen molar-refractivity contribution in [1.29, 1.82) is 5.26 Å². The van der Waals surface area contributed by atoms with E-state index in [1.54, 1.807) is 37.3 Å². The average Bonchev–Trinajstić information content (AvgIpc) is 3.19. The lowest BCUT2D eigenvalue weighted by molar-refractivity contribution is 0.489. The van der Waals surface area contributed by atoms with Crippen molar-refractivity contribution in [2.45, 2.75) is 11.8 Å². The highest BCUT2D eigenvalue weighted by molar-refractivity contribution is 7.87. The summed E-state index contributed by atoms with van der Waals surface area (Å²) < 4.78 is 34.7. The minimum absolute atomic E-state index is 0.0871. The Kier molecular flexibility index (Phi) is 5.40. The van der Waals surface area contributed by atoms with Crippen LogP contribution in [-0.2, 0) is 10.1 Å². The topological polar surface area (TPSA) is 71.6 Å². The van der Waals surface area contributed by atoms with Crippen molar-refractivity contribution in [2.24, 2.45) is 0 Å². The molecule has 0 N–H and O–H groups in total. The number of nitriles is 1. The zero-order valence-electron chi connectivity index (χ0n) is 18.3. The molecule has 0 radical (unpaired) electrons. The Morgan fingerprint density at radius 3 is 2.06 bits per heavy atom. The molecular weight excluding hydrogens is 444 g/mol. The fraction of sp³-hybridized carbons (Fsp3) is 0.0357. The molecular formula is C28H20N2O3S. The molecule has 166 valence electrons. The molecule has 5 aromatic rings. The molecule has 5 rings (SSSR count). The number of hydrogen-bond acceptors (Lipinski definition) is 4. The number of benzene rings is 3. The van der Waals surface area contributed by atoms with E-state index in [0.29, 0.717) is 22.2 Å². The van der Waals surface area contributed by atoms with Gasteiger partial charge in [-0.05, 0) is 41.8 Å². The second kappa shape index (κ2) is 8.54. The molecule has 2 aromatic heterocycles. The summed E-state index contributed by atoms with van der Waals surface area (Å²) >= 11 is 0. The standard InChI is InChI=1S/C28H20N2O3S/c1-20-11-8-9-17-24(20)34(31,32)33-28-25(21-12-4-2-5-13-21)26(22-14-6-3-7-15-22)30-18-10-16-23(19-29)27(28)30/h2-18H,1H3. The molecule has 0 aliphatic rings. The number of aromatic nitrogens is 1. The van der Waals surface area contributed by atoms with Gasteiger partial charge in [0.15, 0.2) is 5.75 Å². The van der Waals surface area contributed by atoms with Gasteiger partial charge in [-0.3, -0.25) is 0 Å². The van der Waals surface area contributed by atoms with Crippen LogP contribution in [0.5, 0.6) is 5.75 Å². The van der Waals surface area contributed by atoms with E-state index in [0.717, 1.165) is 16.8 Å². The zero-order valence-corrected chi connectivity index (χ0v) is 19.2. The van der Waals surface area contributed by atoms with E-state index >= 15 is 0 Å². The van der Waals surface area contributed by atoms with Gasteiger partial charge in [-0.2, -0.15) is 13.7 Å². The third kappa shape index (κ3) is 3.62. The predicted octanol–water partition coefficient (Wildman–Crippen LogP) is 6.22. The van der Waals surface area contributed by atoms with E-state index in [-0.39, 0.29) is 10.6 Å². The van der Waals surface area contributed by atoms with Crippen LogP contribution in [0.4, 0.5) is 0 Å². The van der Waals surface area contributed by atoms with Crippen LogP contribution in [0.1, 0.15) is 11.1 Å².